The highest BCUT2D eigenvalue weighted by atomic mass is 16.3. The number of benzene rings is 5. The molecule has 1 aromatic heterocycles. The van der Waals surface area contributed by atoms with Crippen LogP contribution in [0.15, 0.2) is 120 Å². The molecule has 0 saturated heterocycles. The molecule has 0 aliphatic carbocycles. The van der Waals surface area contributed by atoms with Crippen LogP contribution >= 0.6 is 0 Å². The molecule has 0 aliphatic rings. The molecular formula is C33H28O. The molecule has 0 saturated carbocycles. The second-order valence-electron chi connectivity index (χ2n) is 8.34. The van der Waals surface area contributed by atoms with Gasteiger partial charge in [0.1, 0.15) is 11.2 Å². The van der Waals surface area contributed by atoms with E-state index in [1.165, 1.54) is 38.9 Å². The van der Waals surface area contributed by atoms with Gasteiger partial charge in [0.05, 0.1) is 0 Å². The highest BCUT2D eigenvalue weighted by molar-refractivity contribution is 6.06. The van der Waals surface area contributed by atoms with Crippen molar-refractivity contribution in [3.05, 3.63) is 121 Å². The van der Waals surface area contributed by atoms with Gasteiger partial charge in [-0.3, -0.25) is 0 Å². The molecule has 0 radical (unpaired) electrons. The Labute approximate surface area is 201 Å². The monoisotopic (exact) mass is 440 g/mol. The number of fused-ring (bicyclic) bond motifs is 3. The van der Waals surface area contributed by atoms with Crippen LogP contribution in [0.2, 0.25) is 0 Å². The molecule has 0 atom stereocenters. The van der Waals surface area contributed by atoms with Crippen molar-refractivity contribution in [1.82, 2.24) is 0 Å². The van der Waals surface area contributed by atoms with E-state index >= 15 is 0 Å². The zero-order valence-electron chi connectivity index (χ0n) is 19.9. The number of hydrogen-bond donors (Lipinski definition) is 0. The second kappa shape index (κ2) is 9.41. The molecule has 0 amide bonds. The van der Waals surface area contributed by atoms with Crippen LogP contribution in [0.25, 0.3) is 55.3 Å². The van der Waals surface area contributed by atoms with Crippen LogP contribution in [0, 0.1) is 6.92 Å². The standard InChI is InChI=1S/C31H22O.C2H6/c1-21-12-14-22(15-13-21)23-6-4-7-24(18-23)25-8-5-9-26(19-25)27-16-17-31-29(20-27)28-10-2-3-11-30(28)32-31;1-2/h2-20H,1H3;1-2H3. The molecule has 0 aliphatic heterocycles. The minimum absolute atomic E-state index is 0.928. The third-order valence-electron chi connectivity index (χ3n) is 6.15. The summed E-state index contributed by atoms with van der Waals surface area (Å²) in [7, 11) is 0. The summed E-state index contributed by atoms with van der Waals surface area (Å²) >= 11 is 0. The van der Waals surface area contributed by atoms with Gasteiger partial charge in [0, 0.05) is 10.8 Å². The van der Waals surface area contributed by atoms with Crippen LogP contribution in [0.3, 0.4) is 0 Å². The highest BCUT2D eigenvalue weighted by Crippen LogP contribution is 2.34. The fourth-order valence-corrected chi connectivity index (χ4v) is 4.41. The first-order chi connectivity index (χ1) is 16.7. The topological polar surface area (TPSA) is 13.1 Å². The first-order valence-corrected chi connectivity index (χ1v) is 11.9. The first kappa shape index (κ1) is 21.7. The fraction of sp³-hybridized carbons (Fsp3) is 0.0909. The van der Waals surface area contributed by atoms with E-state index in [1.54, 1.807) is 0 Å². The van der Waals surface area contributed by atoms with E-state index in [9.17, 15) is 0 Å². The summed E-state index contributed by atoms with van der Waals surface area (Å²) in [5.74, 6) is 0. The molecule has 0 fully saturated rings. The second-order valence-corrected chi connectivity index (χ2v) is 8.34. The van der Waals surface area contributed by atoms with Gasteiger partial charge >= 0.3 is 0 Å². The van der Waals surface area contributed by atoms with Crippen molar-refractivity contribution in [2.75, 3.05) is 0 Å². The van der Waals surface area contributed by atoms with Gasteiger partial charge in [0.2, 0.25) is 0 Å². The van der Waals surface area contributed by atoms with E-state index in [2.05, 4.69) is 110 Å². The van der Waals surface area contributed by atoms with E-state index in [4.69, 9.17) is 4.42 Å². The van der Waals surface area contributed by atoms with Gasteiger partial charge < -0.3 is 4.42 Å². The van der Waals surface area contributed by atoms with Crippen molar-refractivity contribution in [1.29, 1.82) is 0 Å². The molecule has 166 valence electrons. The van der Waals surface area contributed by atoms with Crippen LogP contribution in [0.4, 0.5) is 0 Å². The smallest absolute Gasteiger partial charge is 0.135 e. The molecule has 1 heterocycles. The lowest BCUT2D eigenvalue weighted by molar-refractivity contribution is 0.669. The van der Waals surface area contributed by atoms with E-state index in [0.29, 0.717) is 0 Å². The van der Waals surface area contributed by atoms with Gasteiger partial charge in [0.15, 0.2) is 0 Å². The number of rotatable bonds is 3. The van der Waals surface area contributed by atoms with E-state index in [-0.39, 0.29) is 0 Å². The Bertz CT molecular complexity index is 1570. The van der Waals surface area contributed by atoms with Crippen LogP contribution in [-0.4, -0.2) is 0 Å². The molecule has 6 rings (SSSR count). The molecule has 1 nitrogen and oxygen atoms in total. The maximum Gasteiger partial charge on any atom is 0.135 e. The summed E-state index contributed by atoms with van der Waals surface area (Å²) in [5, 5.41) is 2.32. The zero-order valence-corrected chi connectivity index (χ0v) is 19.9. The van der Waals surface area contributed by atoms with E-state index in [1.807, 2.05) is 26.0 Å². The number of hydrogen-bond acceptors (Lipinski definition) is 1. The zero-order chi connectivity index (χ0) is 23.5. The predicted octanol–water partition coefficient (Wildman–Crippen LogP) is 9.92. The quantitative estimate of drug-likeness (QED) is 0.267. The molecule has 0 spiro atoms. The predicted molar refractivity (Wildman–Crippen MR) is 146 cm³/mol. The molecule has 34 heavy (non-hydrogen) atoms. The largest absolute Gasteiger partial charge is 0.456 e. The summed E-state index contributed by atoms with van der Waals surface area (Å²) in [5.41, 5.74) is 10.5. The van der Waals surface area contributed by atoms with Crippen LogP contribution in [0.5, 0.6) is 0 Å². The van der Waals surface area contributed by atoms with Crippen molar-refractivity contribution in [2.45, 2.75) is 20.8 Å². The Morgan fingerprint density at radius 3 is 1.56 bits per heavy atom. The third-order valence-corrected chi connectivity index (χ3v) is 6.15. The lowest BCUT2D eigenvalue weighted by atomic mass is 9.95. The normalized spacial score (nSPS) is 10.8. The molecule has 0 unspecified atom stereocenters. The Morgan fingerprint density at radius 1 is 0.412 bits per heavy atom. The van der Waals surface area contributed by atoms with Crippen molar-refractivity contribution < 1.29 is 4.42 Å². The number of furan rings is 1. The minimum atomic E-state index is 0.928. The van der Waals surface area contributed by atoms with E-state index in [0.717, 1.165) is 21.9 Å². The minimum Gasteiger partial charge on any atom is -0.456 e. The molecule has 6 aromatic rings. The maximum absolute atomic E-state index is 6.00. The first-order valence-electron chi connectivity index (χ1n) is 11.9. The Hall–Kier alpha value is -4.10. The summed E-state index contributed by atoms with van der Waals surface area (Å²) in [6.07, 6.45) is 0. The molecular weight excluding hydrogens is 412 g/mol. The molecule has 0 bridgehead atoms. The average molecular weight is 441 g/mol. The van der Waals surface area contributed by atoms with Gasteiger partial charge in [0.25, 0.3) is 0 Å². The van der Waals surface area contributed by atoms with Crippen molar-refractivity contribution >= 4 is 21.9 Å². The van der Waals surface area contributed by atoms with E-state index < -0.39 is 0 Å². The molecule has 1 heteroatoms. The van der Waals surface area contributed by atoms with Crippen molar-refractivity contribution in [3.63, 3.8) is 0 Å². The Morgan fingerprint density at radius 2 is 0.912 bits per heavy atom. The summed E-state index contributed by atoms with van der Waals surface area (Å²) in [4.78, 5) is 0. The summed E-state index contributed by atoms with van der Waals surface area (Å²) in [6, 6.07) is 40.9. The third kappa shape index (κ3) is 4.13. The number of aryl methyl sites for hydroxylation is 1. The fourth-order valence-electron chi connectivity index (χ4n) is 4.41. The lowest BCUT2D eigenvalue weighted by Crippen LogP contribution is -1.84. The van der Waals surface area contributed by atoms with Crippen molar-refractivity contribution in [3.8, 4) is 33.4 Å². The summed E-state index contributed by atoms with van der Waals surface area (Å²) < 4.78 is 6.00. The highest BCUT2D eigenvalue weighted by Gasteiger charge is 2.09. The molecule has 5 aromatic carbocycles. The molecule has 0 N–H and O–H groups in total. The van der Waals surface area contributed by atoms with Gasteiger partial charge in [-0.1, -0.05) is 104 Å². The maximum atomic E-state index is 6.00. The SMILES string of the molecule is CC.Cc1ccc(-c2cccc(-c3cccc(-c4ccc5oc6ccccc6c5c4)c3)c2)cc1. The van der Waals surface area contributed by atoms with Gasteiger partial charge in [-0.2, -0.15) is 0 Å². The van der Waals surface area contributed by atoms with Crippen molar-refractivity contribution in [2.24, 2.45) is 0 Å². The average Bonchev–Trinajstić information content (AvgIpc) is 3.28. The van der Waals surface area contributed by atoms with Crippen LogP contribution < -0.4 is 0 Å². The lowest BCUT2D eigenvalue weighted by Gasteiger charge is -2.09. The Balaban J connectivity index is 0.00000117. The Kier molecular flexibility index (Phi) is 6.01. The van der Waals surface area contributed by atoms with Gasteiger partial charge in [-0.25, -0.2) is 0 Å². The van der Waals surface area contributed by atoms with Crippen LogP contribution in [-0.2, 0) is 0 Å². The number of para-hydroxylation sites is 1. The van der Waals surface area contributed by atoms with Gasteiger partial charge in [-0.15, -0.1) is 0 Å². The summed E-state index contributed by atoms with van der Waals surface area (Å²) in [6.45, 7) is 6.12. The van der Waals surface area contributed by atoms with Gasteiger partial charge in [-0.05, 0) is 70.6 Å². The van der Waals surface area contributed by atoms with Crippen LogP contribution in [0.1, 0.15) is 19.4 Å².